The Morgan fingerprint density at radius 2 is 1.89 bits per heavy atom. The molecule has 19 heavy (non-hydrogen) atoms. The van der Waals surface area contributed by atoms with Crippen LogP contribution in [0.15, 0.2) is 35.5 Å². The van der Waals surface area contributed by atoms with E-state index in [0.29, 0.717) is 12.3 Å². The number of esters is 1. The fraction of sp³-hybridized carbons (Fsp3) is 0.467. The summed E-state index contributed by atoms with van der Waals surface area (Å²) in [7, 11) is 0. The highest BCUT2D eigenvalue weighted by molar-refractivity contribution is 6.36. The molecule has 4 nitrogen and oxygen atoms in total. The maximum atomic E-state index is 11.6. The first-order valence-electron chi connectivity index (χ1n) is 6.51. The smallest absolute Gasteiger partial charge is 0.356 e. The third-order valence-electron chi connectivity index (χ3n) is 2.88. The Hall–Kier alpha value is -1.84. The lowest BCUT2D eigenvalue weighted by Gasteiger charge is -2.13. The van der Waals surface area contributed by atoms with Crippen LogP contribution in [0.5, 0.6) is 0 Å². The van der Waals surface area contributed by atoms with Crippen LogP contribution in [0.2, 0.25) is 0 Å². The van der Waals surface area contributed by atoms with Crippen molar-refractivity contribution in [1.29, 1.82) is 0 Å². The molecular formula is C15H21NO3. The van der Waals surface area contributed by atoms with Crippen molar-refractivity contribution < 1.29 is 14.7 Å². The zero-order chi connectivity index (χ0) is 14.3. The van der Waals surface area contributed by atoms with Crippen molar-refractivity contribution in [3.8, 4) is 0 Å². The van der Waals surface area contributed by atoms with Gasteiger partial charge in [-0.1, -0.05) is 42.4 Å². The first-order valence-corrected chi connectivity index (χ1v) is 6.51. The largest absolute Gasteiger partial charge is 0.458 e. The van der Waals surface area contributed by atoms with Crippen LogP contribution in [-0.4, -0.2) is 23.0 Å². The van der Waals surface area contributed by atoms with E-state index < -0.39 is 5.97 Å². The number of carbonyl (C=O) groups excluding carboxylic acids is 1. The lowest BCUT2D eigenvalue weighted by Crippen LogP contribution is -2.21. The van der Waals surface area contributed by atoms with E-state index in [1.165, 1.54) is 5.56 Å². The van der Waals surface area contributed by atoms with Crippen LogP contribution < -0.4 is 0 Å². The van der Waals surface area contributed by atoms with Crippen molar-refractivity contribution >= 4 is 11.7 Å². The van der Waals surface area contributed by atoms with Gasteiger partial charge in [-0.05, 0) is 31.7 Å². The molecule has 0 fully saturated rings. The molecule has 1 rings (SSSR count). The van der Waals surface area contributed by atoms with E-state index in [0.717, 1.165) is 6.42 Å². The molecule has 4 heteroatoms. The minimum atomic E-state index is -0.544. The lowest BCUT2D eigenvalue weighted by atomic mass is 9.95. The third-order valence-corrected chi connectivity index (χ3v) is 2.88. The minimum absolute atomic E-state index is 0.0801. The molecule has 1 aromatic rings. The van der Waals surface area contributed by atoms with Crippen molar-refractivity contribution in [2.24, 2.45) is 5.16 Å². The number of carbonyl (C=O) groups is 1. The molecule has 104 valence electrons. The summed E-state index contributed by atoms with van der Waals surface area (Å²) in [6.07, 6.45) is 0.921. The van der Waals surface area contributed by atoms with Gasteiger partial charge >= 0.3 is 5.97 Å². The molecule has 0 amide bonds. The third kappa shape index (κ3) is 5.12. The van der Waals surface area contributed by atoms with Crippen LogP contribution in [0.25, 0.3) is 0 Å². The number of nitrogens with zero attached hydrogens (tertiary/aromatic N) is 1. The highest BCUT2D eigenvalue weighted by Gasteiger charge is 2.17. The van der Waals surface area contributed by atoms with Crippen molar-refractivity contribution in [3.63, 3.8) is 0 Å². The molecule has 0 saturated carbocycles. The van der Waals surface area contributed by atoms with Gasteiger partial charge in [0, 0.05) is 6.42 Å². The standard InChI is InChI=1S/C15H21NO3/c1-11(2)19-15(17)14(16-18)10-9-12(3)13-7-5-4-6-8-13/h4-8,11-12,18H,9-10H2,1-3H3. The molecule has 1 atom stereocenters. The van der Waals surface area contributed by atoms with Crippen LogP contribution in [0.4, 0.5) is 0 Å². The monoisotopic (exact) mass is 263 g/mol. The second-order valence-electron chi connectivity index (χ2n) is 4.85. The Bertz CT molecular complexity index is 426. The Balaban J connectivity index is 2.53. The van der Waals surface area contributed by atoms with Gasteiger partial charge < -0.3 is 9.94 Å². The number of hydrogen-bond donors (Lipinski definition) is 1. The van der Waals surface area contributed by atoms with Crippen molar-refractivity contribution in [1.82, 2.24) is 0 Å². The van der Waals surface area contributed by atoms with E-state index in [2.05, 4.69) is 12.1 Å². The molecule has 0 saturated heterocycles. The van der Waals surface area contributed by atoms with Crippen LogP contribution >= 0.6 is 0 Å². The van der Waals surface area contributed by atoms with Gasteiger partial charge in [-0.15, -0.1) is 0 Å². The molecule has 1 aromatic carbocycles. The molecule has 0 aliphatic rings. The van der Waals surface area contributed by atoms with Crippen LogP contribution in [0.1, 0.15) is 45.1 Å². The Morgan fingerprint density at radius 3 is 2.42 bits per heavy atom. The van der Waals surface area contributed by atoms with Gasteiger partial charge in [0.1, 0.15) is 0 Å². The van der Waals surface area contributed by atoms with E-state index in [4.69, 9.17) is 9.94 Å². The van der Waals surface area contributed by atoms with Crippen LogP contribution in [0, 0.1) is 0 Å². The lowest BCUT2D eigenvalue weighted by molar-refractivity contribution is -0.139. The molecule has 0 bridgehead atoms. The topological polar surface area (TPSA) is 58.9 Å². The molecule has 0 aliphatic carbocycles. The number of hydrogen-bond acceptors (Lipinski definition) is 4. The summed E-state index contributed by atoms with van der Waals surface area (Å²) in [5.41, 5.74) is 1.29. The zero-order valence-electron chi connectivity index (χ0n) is 11.7. The summed E-state index contributed by atoms with van der Waals surface area (Å²) in [5.74, 6) is -0.248. The van der Waals surface area contributed by atoms with Gasteiger partial charge in [-0.2, -0.15) is 0 Å². The summed E-state index contributed by atoms with van der Waals surface area (Å²) in [4.78, 5) is 11.6. The highest BCUT2D eigenvalue weighted by atomic mass is 16.5. The molecule has 1 unspecified atom stereocenters. The minimum Gasteiger partial charge on any atom is -0.458 e. The Labute approximate surface area is 114 Å². The maximum Gasteiger partial charge on any atom is 0.356 e. The second-order valence-corrected chi connectivity index (χ2v) is 4.85. The molecule has 0 aromatic heterocycles. The van der Waals surface area contributed by atoms with Gasteiger partial charge in [-0.25, -0.2) is 4.79 Å². The van der Waals surface area contributed by atoms with Gasteiger partial charge in [0.2, 0.25) is 0 Å². The van der Waals surface area contributed by atoms with Crippen molar-refractivity contribution in [2.45, 2.75) is 45.6 Å². The molecule has 0 spiro atoms. The normalized spacial score (nSPS) is 13.4. The van der Waals surface area contributed by atoms with Crippen LogP contribution in [-0.2, 0) is 9.53 Å². The molecule has 0 heterocycles. The summed E-state index contributed by atoms with van der Waals surface area (Å²) in [6, 6.07) is 10.0. The highest BCUT2D eigenvalue weighted by Crippen LogP contribution is 2.20. The van der Waals surface area contributed by atoms with E-state index in [9.17, 15) is 4.79 Å². The van der Waals surface area contributed by atoms with Crippen molar-refractivity contribution in [3.05, 3.63) is 35.9 Å². The summed E-state index contributed by atoms with van der Waals surface area (Å²) < 4.78 is 5.01. The molecule has 0 aliphatic heterocycles. The molecule has 0 radical (unpaired) electrons. The molecule has 1 N–H and O–H groups in total. The van der Waals surface area contributed by atoms with E-state index in [-0.39, 0.29) is 11.8 Å². The average molecular weight is 263 g/mol. The fourth-order valence-electron chi connectivity index (χ4n) is 1.78. The Kier molecular flexibility index (Phi) is 6.06. The number of oxime groups is 1. The quantitative estimate of drug-likeness (QED) is 0.370. The number of rotatable bonds is 6. The second kappa shape index (κ2) is 7.56. The molecular weight excluding hydrogens is 242 g/mol. The van der Waals surface area contributed by atoms with Gasteiger partial charge in [0.05, 0.1) is 6.10 Å². The first kappa shape index (κ1) is 15.2. The van der Waals surface area contributed by atoms with Gasteiger partial charge in [-0.3, -0.25) is 0 Å². The predicted octanol–water partition coefficient (Wildman–Crippen LogP) is 3.35. The Morgan fingerprint density at radius 1 is 1.26 bits per heavy atom. The van der Waals surface area contributed by atoms with Crippen LogP contribution in [0.3, 0.4) is 0 Å². The van der Waals surface area contributed by atoms with Crippen molar-refractivity contribution in [2.75, 3.05) is 0 Å². The number of ether oxygens (including phenoxy) is 1. The maximum absolute atomic E-state index is 11.6. The fourth-order valence-corrected chi connectivity index (χ4v) is 1.78. The SMILES string of the molecule is CC(C)OC(=O)C(CCC(C)c1ccccc1)=NO. The van der Waals surface area contributed by atoms with Gasteiger partial charge in [0.25, 0.3) is 0 Å². The number of benzene rings is 1. The average Bonchev–Trinajstić information content (AvgIpc) is 2.39. The zero-order valence-corrected chi connectivity index (χ0v) is 11.7. The summed E-state index contributed by atoms with van der Waals surface area (Å²) in [5, 5.41) is 11.9. The predicted molar refractivity (Wildman–Crippen MR) is 74.5 cm³/mol. The first-order chi connectivity index (χ1) is 9.04. The summed E-state index contributed by atoms with van der Waals surface area (Å²) in [6.45, 7) is 5.61. The van der Waals surface area contributed by atoms with E-state index >= 15 is 0 Å². The summed E-state index contributed by atoms with van der Waals surface area (Å²) >= 11 is 0. The van der Waals surface area contributed by atoms with E-state index in [1.807, 2.05) is 30.3 Å². The van der Waals surface area contributed by atoms with E-state index in [1.54, 1.807) is 13.8 Å². The van der Waals surface area contributed by atoms with Gasteiger partial charge in [0.15, 0.2) is 5.71 Å².